The lowest BCUT2D eigenvalue weighted by Gasteiger charge is -2.19. The minimum Gasteiger partial charge on any atom is -0.504 e. The number of aliphatic hydroxyl groups excluding tert-OH is 2. The summed E-state index contributed by atoms with van der Waals surface area (Å²) in [6.07, 6.45) is -3.21. The van der Waals surface area contributed by atoms with E-state index in [1.54, 1.807) is 6.92 Å². The molecular weight excluding hydrogens is 320 g/mol. The van der Waals surface area contributed by atoms with E-state index < -0.39 is 18.2 Å². The van der Waals surface area contributed by atoms with Crippen LogP contribution >= 0.6 is 15.9 Å². The molecule has 106 valence electrons. The first-order chi connectivity index (χ1) is 8.92. The van der Waals surface area contributed by atoms with Gasteiger partial charge in [-0.1, -0.05) is 15.9 Å². The van der Waals surface area contributed by atoms with Gasteiger partial charge in [0.1, 0.15) is 6.10 Å². The molecule has 19 heavy (non-hydrogen) atoms. The number of ether oxygens (including phenoxy) is 2. The van der Waals surface area contributed by atoms with Gasteiger partial charge in [-0.05, 0) is 19.1 Å². The number of phenolic OH excluding ortho intramolecular Hbond substituents is 1. The highest BCUT2D eigenvalue weighted by Gasteiger charge is 2.29. The van der Waals surface area contributed by atoms with Gasteiger partial charge < -0.3 is 24.8 Å². The fraction of sp³-hybridized carbons (Fsp3) is 0.417. The van der Waals surface area contributed by atoms with Crippen molar-refractivity contribution in [3.8, 4) is 11.5 Å². The number of aliphatic hydroxyl groups is 2. The molecule has 0 spiro atoms. The summed E-state index contributed by atoms with van der Waals surface area (Å²) in [6.45, 7) is 1.69. The van der Waals surface area contributed by atoms with Crippen molar-refractivity contribution in [2.24, 2.45) is 0 Å². The maximum atomic E-state index is 11.4. The largest absolute Gasteiger partial charge is 0.504 e. The molecule has 0 fully saturated rings. The van der Waals surface area contributed by atoms with E-state index in [4.69, 9.17) is 4.74 Å². The number of methoxy groups -OCH3 is 1. The average molecular weight is 335 g/mol. The van der Waals surface area contributed by atoms with Crippen LogP contribution in [0.15, 0.2) is 16.6 Å². The molecule has 1 aromatic carbocycles. The fourth-order valence-electron chi connectivity index (χ4n) is 1.48. The lowest BCUT2D eigenvalue weighted by molar-refractivity contribution is -0.159. The zero-order valence-corrected chi connectivity index (χ0v) is 12.0. The molecule has 0 bridgehead atoms. The van der Waals surface area contributed by atoms with Crippen LogP contribution in [-0.4, -0.2) is 41.1 Å². The SMILES string of the molecule is CCOC(=O)C(O)C(O)c1cc(OC)c(O)cc1Br. The summed E-state index contributed by atoms with van der Waals surface area (Å²) in [5.74, 6) is -0.932. The van der Waals surface area contributed by atoms with Crippen molar-refractivity contribution in [3.63, 3.8) is 0 Å². The fourth-order valence-corrected chi connectivity index (χ4v) is 2.04. The molecule has 0 aromatic heterocycles. The van der Waals surface area contributed by atoms with Gasteiger partial charge in [0.05, 0.1) is 13.7 Å². The minimum absolute atomic E-state index is 0.0999. The van der Waals surface area contributed by atoms with Crippen molar-refractivity contribution in [2.45, 2.75) is 19.1 Å². The number of hydrogen-bond acceptors (Lipinski definition) is 6. The van der Waals surface area contributed by atoms with E-state index in [-0.39, 0.29) is 23.7 Å². The molecule has 2 unspecified atom stereocenters. The van der Waals surface area contributed by atoms with Crippen LogP contribution in [0.4, 0.5) is 0 Å². The summed E-state index contributed by atoms with van der Waals surface area (Å²) in [7, 11) is 1.35. The van der Waals surface area contributed by atoms with Crippen LogP contribution in [0.25, 0.3) is 0 Å². The van der Waals surface area contributed by atoms with Crippen LogP contribution in [-0.2, 0) is 9.53 Å². The van der Waals surface area contributed by atoms with E-state index in [0.717, 1.165) is 0 Å². The first-order valence-corrected chi connectivity index (χ1v) is 6.30. The summed E-state index contributed by atoms with van der Waals surface area (Å²) in [5, 5.41) is 29.2. The number of carbonyl (C=O) groups excluding carboxylic acids is 1. The average Bonchev–Trinajstić information content (AvgIpc) is 2.37. The number of carbonyl (C=O) groups is 1. The van der Waals surface area contributed by atoms with Gasteiger partial charge >= 0.3 is 5.97 Å². The van der Waals surface area contributed by atoms with Crippen molar-refractivity contribution in [1.29, 1.82) is 0 Å². The Morgan fingerprint density at radius 2 is 2.05 bits per heavy atom. The van der Waals surface area contributed by atoms with Crippen LogP contribution in [0.5, 0.6) is 11.5 Å². The lowest BCUT2D eigenvalue weighted by atomic mass is 10.0. The summed E-state index contributed by atoms with van der Waals surface area (Å²) in [6, 6.07) is 2.63. The number of phenols is 1. The molecule has 2 atom stereocenters. The van der Waals surface area contributed by atoms with Crippen LogP contribution < -0.4 is 4.74 Å². The highest BCUT2D eigenvalue weighted by molar-refractivity contribution is 9.10. The molecule has 7 heteroatoms. The summed E-state index contributed by atoms with van der Waals surface area (Å²) >= 11 is 3.13. The Morgan fingerprint density at radius 3 is 2.58 bits per heavy atom. The highest BCUT2D eigenvalue weighted by Crippen LogP contribution is 2.36. The normalized spacial score (nSPS) is 13.7. The summed E-state index contributed by atoms with van der Waals surface area (Å²) in [4.78, 5) is 11.4. The van der Waals surface area contributed by atoms with Gasteiger partial charge in [0.25, 0.3) is 0 Å². The van der Waals surface area contributed by atoms with Gasteiger partial charge in [-0.25, -0.2) is 4.79 Å². The van der Waals surface area contributed by atoms with Crippen LogP contribution in [0, 0.1) is 0 Å². The molecule has 0 aliphatic heterocycles. The number of aromatic hydroxyl groups is 1. The van der Waals surface area contributed by atoms with Gasteiger partial charge in [0.15, 0.2) is 17.6 Å². The second-order valence-electron chi connectivity index (χ2n) is 3.69. The Labute approximate surface area is 118 Å². The van der Waals surface area contributed by atoms with Crippen molar-refractivity contribution in [1.82, 2.24) is 0 Å². The Morgan fingerprint density at radius 1 is 1.42 bits per heavy atom. The monoisotopic (exact) mass is 334 g/mol. The van der Waals surface area contributed by atoms with E-state index in [0.29, 0.717) is 4.47 Å². The van der Waals surface area contributed by atoms with Crippen LogP contribution in [0.3, 0.4) is 0 Å². The Bertz CT molecular complexity index is 462. The van der Waals surface area contributed by atoms with Gasteiger partial charge in [-0.2, -0.15) is 0 Å². The molecule has 1 aromatic rings. The molecule has 3 N–H and O–H groups in total. The maximum Gasteiger partial charge on any atom is 0.338 e. The molecule has 0 saturated carbocycles. The van der Waals surface area contributed by atoms with Gasteiger partial charge in [-0.3, -0.25) is 0 Å². The zero-order valence-electron chi connectivity index (χ0n) is 10.5. The minimum atomic E-state index is -1.72. The first kappa shape index (κ1) is 15.7. The van der Waals surface area contributed by atoms with Gasteiger partial charge in [0, 0.05) is 10.0 Å². The molecule has 0 radical (unpaired) electrons. The number of halogens is 1. The highest BCUT2D eigenvalue weighted by atomic mass is 79.9. The standard InChI is InChI=1S/C12H15BrO6/c1-3-19-12(17)11(16)10(15)6-4-9(18-2)8(14)5-7(6)13/h4-5,10-11,14-16H,3H2,1-2H3. The molecule has 6 nitrogen and oxygen atoms in total. The molecular formula is C12H15BrO6. The quantitative estimate of drug-likeness (QED) is 0.698. The topological polar surface area (TPSA) is 96.2 Å². The number of rotatable bonds is 5. The molecule has 0 aliphatic rings. The maximum absolute atomic E-state index is 11.4. The van der Waals surface area contributed by atoms with E-state index in [1.165, 1.54) is 19.2 Å². The van der Waals surface area contributed by atoms with E-state index in [1.807, 2.05) is 0 Å². The number of esters is 1. The van der Waals surface area contributed by atoms with Crippen LogP contribution in [0.2, 0.25) is 0 Å². The van der Waals surface area contributed by atoms with Crippen molar-refractivity contribution < 1.29 is 29.6 Å². The predicted molar refractivity (Wildman–Crippen MR) is 70.0 cm³/mol. The van der Waals surface area contributed by atoms with Crippen LogP contribution in [0.1, 0.15) is 18.6 Å². The smallest absolute Gasteiger partial charge is 0.338 e. The number of hydrogen-bond donors (Lipinski definition) is 3. The Hall–Kier alpha value is -1.31. The molecule has 0 heterocycles. The van der Waals surface area contributed by atoms with Gasteiger partial charge in [0.2, 0.25) is 0 Å². The van der Waals surface area contributed by atoms with Crippen molar-refractivity contribution in [2.75, 3.05) is 13.7 Å². The first-order valence-electron chi connectivity index (χ1n) is 5.51. The third-order valence-corrected chi connectivity index (χ3v) is 3.13. The van der Waals surface area contributed by atoms with Gasteiger partial charge in [-0.15, -0.1) is 0 Å². The second kappa shape index (κ2) is 6.74. The molecule has 0 saturated heterocycles. The predicted octanol–water partition coefficient (Wildman–Crippen LogP) is 1.12. The Kier molecular flexibility index (Phi) is 5.59. The third-order valence-electron chi connectivity index (χ3n) is 2.44. The molecule has 0 aliphatic carbocycles. The molecule has 0 amide bonds. The van der Waals surface area contributed by atoms with E-state index >= 15 is 0 Å². The van der Waals surface area contributed by atoms with E-state index in [9.17, 15) is 20.1 Å². The third kappa shape index (κ3) is 3.59. The molecule has 1 rings (SSSR count). The van der Waals surface area contributed by atoms with Crippen molar-refractivity contribution in [3.05, 3.63) is 22.2 Å². The lowest BCUT2D eigenvalue weighted by Crippen LogP contribution is -2.30. The second-order valence-corrected chi connectivity index (χ2v) is 4.54. The summed E-state index contributed by atoms with van der Waals surface area (Å²) in [5.41, 5.74) is 0.204. The number of benzene rings is 1. The van der Waals surface area contributed by atoms with Crippen molar-refractivity contribution >= 4 is 21.9 Å². The van der Waals surface area contributed by atoms with E-state index in [2.05, 4.69) is 20.7 Å². The zero-order chi connectivity index (χ0) is 14.6. The summed E-state index contributed by atoms with van der Waals surface area (Å²) < 4.78 is 9.86. The Balaban J connectivity index is 3.05.